The summed E-state index contributed by atoms with van der Waals surface area (Å²) in [6, 6.07) is 14.4. The van der Waals surface area contributed by atoms with Crippen molar-refractivity contribution in [1.29, 1.82) is 0 Å². The van der Waals surface area contributed by atoms with E-state index in [0.717, 1.165) is 14.3 Å². The van der Waals surface area contributed by atoms with Gasteiger partial charge in [0, 0.05) is 26.7 Å². The second-order valence-corrected chi connectivity index (χ2v) is 8.21. The van der Waals surface area contributed by atoms with Gasteiger partial charge in [-0.15, -0.1) is 0 Å². The van der Waals surface area contributed by atoms with Crippen LogP contribution in [0.2, 0.25) is 5.02 Å². The molecule has 0 unspecified atom stereocenters. The monoisotopic (exact) mass is 534 g/mol. The van der Waals surface area contributed by atoms with Crippen LogP contribution in [0.5, 0.6) is 5.75 Å². The summed E-state index contributed by atoms with van der Waals surface area (Å²) in [4.78, 5) is 17.0. The number of amides is 1. The highest BCUT2D eigenvalue weighted by Crippen LogP contribution is 2.29. The number of aromatic nitrogens is 3. The Hall–Kier alpha value is -2.42. The molecule has 0 spiro atoms. The van der Waals surface area contributed by atoms with E-state index in [1.807, 2.05) is 24.3 Å². The highest BCUT2D eigenvalue weighted by atomic mass is 79.9. The first-order chi connectivity index (χ1) is 14.0. The zero-order chi connectivity index (χ0) is 20.4. The van der Waals surface area contributed by atoms with Gasteiger partial charge in [-0.25, -0.2) is 4.68 Å². The minimum Gasteiger partial charge on any atom is -0.470 e. The fourth-order valence-corrected chi connectivity index (χ4v) is 3.89. The number of carbonyl (C=O) groups is 1. The zero-order valence-electron chi connectivity index (χ0n) is 14.8. The van der Waals surface area contributed by atoms with E-state index < -0.39 is 0 Å². The number of halogens is 3. The molecule has 4 rings (SSSR count). The number of nitrogens with zero attached hydrogens (tertiary/aromatic N) is 3. The van der Waals surface area contributed by atoms with Crippen LogP contribution in [0.15, 0.2) is 69.9 Å². The molecule has 29 heavy (non-hydrogen) atoms. The summed E-state index contributed by atoms with van der Waals surface area (Å²) in [6.45, 7) is 0.122. The molecule has 2 aromatic carbocycles. The molecule has 1 N–H and O–H groups in total. The molecule has 0 atom stereocenters. The molecule has 0 radical (unpaired) electrons. The van der Waals surface area contributed by atoms with Crippen molar-refractivity contribution >= 4 is 66.0 Å². The Morgan fingerprint density at radius 3 is 2.86 bits per heavy atom. The minimum absolute atomic E-state index is 0.122. The van der Waals surface area contributed by atoms with Crippen molar-refractivity contribution in [2.45, 2.75) is 6.73 Å². The van der Waals surface area contributed by atoms with Crippen molar-refractivity contribution in [3.63, 3.8) is 0 Å². The average Bonchev–Trinajstić information content (AvgIpc) is 3.19. The van der Waals surface area contributed by atoms with Crippen LogP contribution >= 0.6 is 43.5 Å². The molecule has 9 heteroatoms. The van der Waals surface area contributed by atoms with Crippen LogP contribution in [0.4, 0.5) is 5.69 Å². The summed E-state index contributed by atoms with van der Waals surface area (Å²) in [5.74, 6) is 0.198. The molecule has 2 aromatic heterocycles. The molecule has 6 nitrogen and oxygen atoms in total. The lowest BCUT2D eigenvalue weighted by atomic mass is 10.2. The molecule has 1 amide bonds. The SMILES string of the molecule is O=C(Nc1ccc(Br)c2cccnc12)c1ccn(COc2ccc(Br)cc2Cl)n1. The molecule has 4 aromatic rings. The summed E-state index contributed by atoms with van der Waals surface area (Å²) in [5.41, 5.74) is 1.58. The van der Waals surface area contributed by atoms with Gasteiger partial charge < -0.3 is 10.1 Å². The third-order valence-corrected chi connectivity index (χ3v) is 5.56. The van der Waals surface area contributed by atoms with E-state index in [9.17, 15) is 4.79 Å². The van der Waals surface area contributed by atoms with Gasteiger partial charge in [0.25, 0.3) is 5.91 Å². The fourth-order valence-electron chi connectivity index (χ4n) is 2.71. The number of benzene rings is 2. The summed E-state index contributed by atoms with van der Waals surface area (Å²) < 4.78 is 8.95. The van der Waals surface area contributed by atoms with Gasteiger partial charge in [0.2, 0.25) is 0 Å². The number of fused-ring (bicyclic) bond motifs is 1. The van der Waals surface area contributed by atoms with Crippen molar-refractivity contribution in [2.75, 3.05) is 5.32 Å². The Balaban J connectivity index is 1.47. The number of carbonyl (C=O) groups excluding carboxylic acids is 1. The zero-order valence-corrected chi connectivity index (χ0v) is 18.7. The van der Waals surface area contributed by atoms with Gasteiger partial charge in [-0.3, -0.25) is 9.78 Å². The van der Waals surface area contributed by atoms with Gasteiger partial charge in [0.15, 0.2) is 12.4 Å². The second-order valence-electron chi connectivity index (χ2n) is 6.04. The molecule has 0 fully saturated rings. The Bertz CT molecular complexity index is 1210. The third kappa shape index (κ3) is 4.44. The Morgan fingerprint density at radius 1 is 1.17 bits per heavy atom. The van der Waals surface area contributed by atoms with Crippen LogP contribution in [0, 0.1) is 0 Å². The van der Waals surface area contributed by atoms with E-state index in [-0.39, 0.29) is 18.3 Å². The Kier molecular flexibility index (Phi) is 5.84. The highest BCUT2D eigenvalue weighted by molar-refractivity contribution is 9.11. The number of ether oxygens (including phenoxy) is 1. The predicted octanol–water partition coefficient (Wildman–Crippen LogP) is 5.90. The molecule has 0 saturated carbocycles. The molecule has 146 valence electrons. The molecule has 0 bridgehead atoms. The van der Waals surface area contributed by atoms with Crippen molar-refractivity contribution in [1.82, 2.24) is 14.8 Å². The number of nitrogens with one attached hydrogen (secondary N) is 1. The van der Waals surface area contributed by atoms with Crippen molar-refractivity contribution in [3.8, 4) is 5.75 Å². The maximum Gasteiger partial charge on any atom is 0.276 e. The highest BCUT2D eigenvalue weighted by Gasteiger charge is 2.13. The number of rotatable bonds is 5. The predicted molar refractivity (Wildman–Crippen MR) is 119 cm³/mol. The van der Waals surface area contributed by atoms with Gasteiger partial charge in [0.1, 0.15) is 5.75 Å². The van der Waals surface area contributed by atoms with Crippen molar-refractivity contribution in [2.24, 2.45) is 0 Å². The third-order valence-electron chi connectivity index (χ3n) is 4.08. The topological polar surface area (TPSA) is 69.0 Å². The molecule has 0 aliphatic heterocycles. The van der Waals surface area contributed by atoms with Crippen LogP contribution < -0.4 is 10.1 Å². The lowest BCUT2D eigenvalue weighted by Crippen LogP contribution is -2.14. The van der Waals surface area contributed by atoms with Crippen LogP contribution in [-0.4, -0.2) is 20.7 Å². The largest absolute Gasteiger partial charge is 0.470 e. The van der Waals surface area contributed by atoms with Gasteiger partial charge in [0.05, 0.1) is 16.2 Å². The first-order valence-electron chi connectivity index (χ1n) is 8.47. The summed E-state index contributed by atoms with van der Waals surface area (Å²) >= 11 is 13.0. The van der Waals surface area contributed by atoms with Gasteiger partial charge in [-0.1, -0.05) is 49.5 Å². The van der Waals surface area contributed by atoms with Crippen LogP contribution in [0.3, 0.4) is 0 Å². The van der Waals surface area contributed by atoms with E-state index in [0.29, 0.717) is 22.0 Å². The molecule has 0 aliphatic rings. The number of pyridine rings is 1. The Labute approximate surface area is 188 Å². The average molecular weight is 537 g/mol. The maximum absolute atomic E-state index is 12.6. The van der Waals surface area contributed by atoms with E-state index in [1.165, 1.54) is 4.68 Å². The fraction of sp³-hybridized carbons (Fsp3) is 0.0500. The quantitative estimate of drug-likeness (QED) is 0.345. The van der Waals surface area contributed by atoms with E-state index >= 15 is 0 Å². The maximum atomic E-state index is 12.6. The molecule has 0 aliphatic carbocycles. The molecular weight excluding hydrogens is 524 g/mol. The molecule has 0 saturated heterocycles. The van der Waals surface area contributed by atoms with Crippen LogP contribution in [0.1, 0.15) is 10.5 Å². The number of hydrogen-bond donors (Lipinski definition) is 1. The Morgan fingerprint density at radius 2 is 2.03 bits per heavy atom. The smallest absolute Gasteiger partial charge is 0.276 e. The molecule has 2 heterocycles. The second kappa shape index (κ2) is 8.52. The summed E-state index contributed by atoms with van der Waals surface area (Å²) in [5, 5.41) is 8.53. The summed E-state index contributed by atoms with van der Waals surface area (Å²) in [7, 11) is 0. The summed E-state index contributed by atoms with van der Waals surface area (Å²) in [6.07, 6.45) is 3.35. The first-order valence-corrected chi connectivity index (χ1v) is 10.4. The van der Waals surface area contributed by atoms with Crippen LogP contribution in [0.25, 0.3) is 10.9 Å². The lowest BCUT2D eigenvalue weighted by molar-refractivity contribution is 0.102. The van der Waals surface area contributed by atoms with E-state index in [4.69, 9.17) is 16.3 Å². The van der Waals surface area contributed by atoms with Crippen LogP contribution in [-0.2, 0) is 6.73 Å². The minimum atomic E-state index is -0.334. The van der Waals surface area contributed by atoms with Crippen molar-refractivity contribution < 1.29 is 9.53 Å². The molecular formula is C20H13Br2ClN4O2. The lowest BCUT2D eigenvalue weighted by Gasteiger charge is -2.09. The van der Waals surface area contributed by atoms with E-state index in [1.54, 1.807) is 36.7 Å². The van der Waals surface area contributed by atoms with E-state index in [2.05, 4.69) is 47.3 Å². The van der Waals surface area contributed by atoms with Crippen molar-refractivity contribution in [3.05, 3.63) is 80.6 Å². The van der Waals surface area contributed by atoms with Gasteiger partial charge in [-0.05, 0) is 42.5 Å². The van der Waals surface area contributed by atoms with Gasteiger partial charge in [-0.2, -0.15) is 5.10 Å². The van der Waals surface area contributed by atoms with Gasteiger partial charge >= 0.3 is 0 Å². The number of hydrogen-bond acceptors (Lipinski definition) is 4. The normalized spacial score (nSPS) is 10.9. The number of anilines is 1. The first kappa shape index (κ1) is 19.9. The standard InChI is InChI=1S/C20H13Br2ClN4O2/c21-12-3-6-18(15(23)10-12)29-11-27-9-7-17(26-27)20(28)25-16-5-4-14(22)13-2-1-8-24-19(13)16/h1-10H,11H2,(H,25,28).